The molecule has 2 aromatic carbocycles. The van der Waals surface area contributed by atoms with Crippen LogP contribution in [0.1, 0.15) is 5.56 Å². The number of hydrazine groups is 1. The molecule has 0 atom stereocenters. The summed E-state index contributed by atoms with van der Waals surface area (Å²) in [6.07, 6.45) is 0.224. The molecule has 0 saturated heterocycles. The van der Waals surface area contributed by atoms with Crippen molar-refractivity contribution in [1.29, 1.82) is 0 Å². The standard InChI is InChI=1S/C16H16ClN3O2S/c1-22-14-5-3-2-4-13(14)18-16(23)20-19-15(21)10-11-6-8-12(17)9-7-11/h2-9H,10H2,1H3,(H,19,21)(H2,18,20,23). The molecule has 3 N–H and O–H groups in total. The first-order valence-electron chi connectivity index (χ1n) is 6.82. The highest BCUT2D eigenvalue weighted by Gasteiger charge is 2.06. The Bertz CT molecular complexity index is 692. The number of carbonyl (C=O) groups excluding carboxylic acids is 1. The van der Waals surface area contributed by atoms with Gasteiger partial charge in [-0.25, -0.2) is 0 Å². The van der Waals surface area contributed by atoms with Crippen LogP contribution >= 0.6 is 23.8 Å². The zero-order chi connectivity index (χ0) is 16.7. The normalized spacial score (nSPS) is 9.83. The monoisotopic (exact) mass is 349 g/mol. The smallest absolute Gasteiger partial charge is 0.242 e. The maximum Gasteiger partial charge on any atom is 0.242 e. The van der Waals surface area contributed by atoms with E-state index in [1.165, 1.54) is 0 Å². The summed E-state index contributed by atoms with van der Waals surface area (Å²) in [7, 11) is 1.57. The minimum absolute atomic E-state index is 0.212. The number of anilines is 1. The molecular formula is C16H16ClN3O2S. The van der Waals surface area contributed by atoms with Crippen molar-refractivity contribution >= 4 is 40.5 Å². The number of nitrogens with one attached hydrogen (secondary N) is 3. The molecule has 0 bridgehead atoms. The molecule has 0 aliphatic heterocycles. The quantitative estimate of drug-likeness (QED) is 0.585. The van der Waals surface area contributed by atoms with Gasteiger partial charge in [-0.3, -0.25) is 15.6 Å². The van der Waals surface area contributed by atoms with Crippen LogP contribution in [0.4, 0.5) is 5.69 Å². The number of ether oxygens (including phenoxy) is 1. The molecule has 0 aliphatic carbocycles. The molecule has 5 nitrogen and oxygen atoms in total. The zero-order valence-corrected chi connectivity index (χ0v) is 14.0. The summed E-state index contributed by atoms with van der Waals surface area (Å²) in [5.74, 6) is 0.445. The maximum atomic E-state index is 11.9. The molecule has 120 valence electrons. The lowest BCUT2D eigenvalue weighted by molar-refractivity contribution is -0.120. The topological polar surface area (TPSA) is 62.4 Å². The van der Waals surface area contributed by atoms with Crippen LogP contribution in [0, 0.1) is 0 Å². The average Bonchev–Trinajstić information content (AvgIpc) is 2.55. The lowest BCUT2D eigenvalue weighted by Crippen LogP contribution is -2.44. The number of benzene rings is 2. The minimum Gasteiger partial charge on any atom is -0.495 e. The summed E-state index contributed by atoms with van der Waals surface area (Å²) in [6, 6.07) is 14.4. The van der Waals surface area contributed by atoms with Gasteiger partial charge in [0.05, 0.1) is 19.2 Å². The molecule has 0 aliphatic rings. The van der Waals surface area contributed by atoms with Crippen LogP contribution in [0.25, 0.3) is 0 Å². The van der Waals surface area contributed by atoms with Gasteiger partial charge in [-0.05, 0) is 42.0 Å². The molecule has 7 heteroatoms. The van der Waals surface area contributed by atoms with Crippen molar-refractivity contribution in [3.8, 4) is 5.75 Å². The Kier molecular flexibility index (Phi) is 6.19. The largest absolute Gasteiger partial charge is 0.495 e. The van der Waals surface area contributed by atoms with Gasteiger partial charge in [0.25, 0.3) is 0 Å². The molecule has 0 fully saturated rings. The van der Waals surface area contributed by atoms with E-state index in [1.807, 2.05) is 24.3 Å². The zero-order valence-electron chi connectivity index (χ0n) is 12.4. The van der Waals surface area contributed by atoms with Crippen molar-refractivity contribution in [2.75, 3.05) is 12.4 Å². The third kappa shape index (κ3) is 5.43. The van der Waals surface area contributed by atoms with Crippen LogP contribution in [0.2, 0.25) is 5.02 Å². The SMILES string of the molecule is COc1ccccc1NC(=S)NNC(=O)Cc1ccc(Cl)cc1. The number of methoxy groups -OCH3 is 1. The van der Waals surface area contributed by atoms with E-state index in [-0.39, 0.29) is 17.4 Å². The van der Waals surface area contributed by atoms with Crippen LogP contribution in [-0.4, -0.2) is 18.1 Å². The summed E-state index contributed by atoms with van der Waals surface area (Å²) >= 11 is 10.9. The van der Waals surface area contributed by atoms with Gasteiger partial charge in [0.1, 0.15) is 5.75 Å². The van der Waals surface area contributed by atoms with E-state index in [0.717, 1.165) is 5.56 Å². The number of thiocarbonyl (C=S) groups is 1. The van der Waals surface area contributed by atoms with Gasteiger partial charge >= 0.3 is 0 Å². The Morgan fingerprint density at radius 1 is 1.13 bits per heavy atom. The third-order valence-corrected chi connectivity index (χ3v) is 3.40. The first-order valence-corrected chi connectivity index (χ1v) is 7.60. The molecule has 23 heavy (non-hydrogen) atoms. The van der Waals surface area contributed by atoms with Crippen molar-refractivity contribution in [1.82, 2.24) is 10.9 Å². The second-order valence-electron chi connectivity index (χ2n) is 4.63. The third-order valence-electron chi connectivity index (χ3n) is 2.95. The van der Waals surface area contributed by atoms with Gasteiger partial charge in [0.15, 0.2) is 5.11 Å². The van der Waals surface area contributed by atoms with E-state index in [1.54, 1.807) is 31.4 Å². The van der Waals surface area contributed by atoms with Crippen LogP contribution in [0.5, 0.6) is 5.75 Å². The Morgan fingerprint density at radius 3 is 2.52 bits per heavy atom. The van der Waals surface area contributed by atoms with Crippen LogP contribution in [-0.2, 0) is 11.2 Å². The van der Waals surface area contributed by atoms with Crippen LogP contribution < -0.4 is 20.9 Å². The van der Waals surface area contributed by atoms with Crippen LogP contribution in [0.15, 0.2) is 48.5 Å². The number of hydrogen-bond donors (Lipinski definition) is 3. The molecule has 1 amide bonds. The van der Waals surface area contributed by atoms with Gasteiger partial charge in [-0.2, -0.15) is 0 Å². The van der Waals surface area contributed by atoms with Gasteiger partial charge in [0.2, 0.25) is 5.91 Å². The summed E-state index contributed by atoms with van der Waals surface area (Å²) < 4.78 is 5.21. The van der Waals surface area contributed by atoms with Crippen molar-refractivity contribution in [2.24, 2.45) is 0 Å². The van der Waals surface area contributed by atoms with E-state index in [9.17, 15) is 4.79 Å². The predicted octanol–water partition coefficient (Wildman–Crippen LogP) is 2.91. The van der Waals surface area contributed by atoms with E-state index in [2.05, 4.69) is 16.2 Å². The lowest BCUT2D eigenvalue weighted by atomic mass is 10.1. The molecule has 0 spiro atoms. The van der Waals surface area contributed by atoms with Gasteiger partial charge < -0.3 is 10.1 Å². The Balaban J connectivity index is 1.82. The fraction of sp³-hybridized carbons (Fsp3) is 0.125. The predicted molar refractivity (Wildman–Crippen MR) is 95.6 cm³/mol. The van der Waals surface area contributed by atoms with Crippen molar-refractivity contribution in [3.63, 3.8) is 0 Å². The number of amides is 1. The molecule has 2 aromatic rings. The highest BCUT2D eigenvalue weighted by Crippen LogP contribution is 2.22. The molecule has 0 unspecified atom stereocenters. The molecule has 0 heterocycles. The first kappa shape index (κ1) is 17.1. The van der Waals surface area contributed by atoms with Crippen molar-refractivity contribution in [3.05, 3.63) is 59.1 Å². The van der Waals surface area contributed by atoms with Gasteiger partial charge in [0, 0.05) is 5.02 Å². The van der Waals surface area contributed by atoms with Crippen molar-refractivity contribution < 1.29 is 9.53 Å². The summed E-state index contributed by atoms with van der Waals surface area (Å²) in [5, 5.41) is 3.85. The number of para-hydroxylation sites is 2. The summed E-state index contributed by atoms with van der Waals surface area (Å²) in [4.78, 5) is 11.9. The fourth-order valence-corrected chi connectivity index (χ4v) is 2.15. The Hall–Kier alpha value is -2.31. The lowest BCUT2D eigenvalue weighted by Gasteiger charge is -2.13. The maximum absolute atomic E-state index is 11.9. The number of halogens is 1. The van der Waals surface area contributed by atoms with E-state index < -0.39 is 0 Å². The van der Waals surface area contributed by atoms with E-state index in [4.69, 9.17) is 28.6 Å². The van der Waals surface area contributed by atoms with E-state index in [0.29, 0.717) is 16.5 Å². The second kappa shape index (κ2) is 8.36. The average molecular weight is 350 g/mol. The summed E-state index contributed by atoms with van der Waals surface area (Å²) in [5.41, 5.74) is 6.76. The number of carbonyl (C=O) groups is 1. The van der Waals surface area contributed by atoms with Gasteiger partial charge in [-0.1, -0.05) is 35.9 Å². The molecule has 0 aromatic heterocycles. The minimum atomic E-state index is -0.212. The van der Waals surface area contributed by atoms with E-state index >= 15 is 0 Å². The van der Waals surface area contributed by atoms with Crippen LogP contribution in [0.3, 0.4) is 0 Å². The Morgan fingerprint density at radius 2 is 1.83 bits per heavy atom. The Labute approximate surface area is 145 Å². The molecular weight excluding hydrogens is 334 g/mol. The molecule has 0 radical (unpaired) electrons. The summed E-state index contributed by atoms with van der Waals surface area (Å²) in [6.45, 7) is 0. The highest BCUT2D eigenvalue weighted by atomic mass is 35.5. The van der Waals surface area contributed by atoms with Gasteiger partial charge in [-0.15, -0.1) is 0 Å². The van der Waals surface area contributed by atoms with Crippen molar-refractivity contribution in [2.45, 2.75) is 6.42 Å². The molecule has 2 rings (SSSR count). The number of hydrogen-bond acceptors (Lipinski definition) is 3. The highest BCUT2D eigenvalue weighted by molar-refractivity contribution is 7.80. The first-order chi connectivity index (χ1) is 11.1. The fourth-order valence-electron chi connectivity index (χ4n) is 1.86. The molecule has 0 saturated carbocycles. The second-order valence-corrected chi connectivity index (χ2v) is 5.48. The number of rotatable bonds is 4.